The van der Waals surface area contributed by atoms with Gasteiger partial charge in [0.05, 0.1) is 6.54 Å². The molecule has 0 unspecified atom stereocenters. The Labute approximate surface area is 718 Å². The van der Waals surface area contributed by atoms with Crippen molar-refractivity contribution < 1.29 is 52.4 Å². The SMILES string of the molecule is Cc1cccc(C)c1N=C([N-]Cc1ccccc1)P(c1ccccc1)c1ccccc1.Cc1cccc(C)c1NC(=NCc1ccccc1)P(c1ccccc1)c1ccccc1.[CH2-]c1ccccc1.[CH2-]c1ccccc1.[CH2-]c1ccccc1.[CH2-]c1ccccc1.[CH2-]c1ccccc1.[CH2-]c1ccccc1.[CH2-]c1ccccc1.[Zr+4].[Zr+4]. The van der Waals surface area contributed by atoms with Gasteiger partial charge in [-0.05, 0) is 102 Å². The summed E-state index contributed by atoms with van der Waals surface area (Å²) >= 11 is 0. The fraction of sp³-hybridized carbons (Fsp3) is 0.0571. The van der Waals surface area contributed by atoms with Gasteiger partial charge in [0.2, 0.25) is 0 Å². The van der Waals surface area contributed by atoms with Crippen LogP contribution in [0.3, 0.4) is 0 Å². The topological polar surface area (TPSA) is 50.9 Å². The summed E-state index contributed by atoms with van der Waals surface area (Å²) < 4.78 is 0. The molecule has 15 aromatic carbocycles. The monoisotopic (exact) mass is 1660 g/mol. The van der Waals surface area contributed by atoms with E-state index in [-0.39, 0.29) is 52.4 Å². The maximum Gasteiger partial charge on any atom is 4.00 e. The second-order valence-corrected chi connectivity index (χ2v) is 29.6. The summed E-state index contributed by atoms with van der Waals surface area (Å²) in [5, 5.41) is 13.9. The maximum absolute atomic E-state index is 5.20. The first-order valence-electron chi connectivity index (χ1n) is 36.9. The molecular weight excluding hydrogens is 1560 g/mol. The zero-order chi connectivity index (χ0) is 78.7. The van der Waals surface area contributed by atoms with Crippen LogP contribution in [0.15, 0.2) is 441 Å². The second-order valence-electron chi connectivity index (χ2n) is 25.4. The van der Waals surface area contributed by atoms with Crippen LogP contribution in [0.5, 0.6) is 0 Å². The second kappa shape index (κ2) is 55.4. The fourth-order valence-corrected chi connectivity index (χ4v) is 14.7. The molecule has 0 heterocycles. The number of nitrogens with one attached hydrogen (secondary N) is 1. The first-order chi connectivity index (χ1) is 54.2. The zero-order valence-corrected chi connectivity index (χ0v) is 72.3. The molecule has 0 atom stereocenters. The van der Waals surface area contributed by atoms with E-state index in [1.54, 1.807) is 0 Å². The smallest absolute Gasteiger partial charge is 0.460 e. The summed E-state index contributed by atoms with van der Waals surface area (Å²) in [6, 6.07) is 145. The minimum Gasteiger partial charge on any atom is -0.460 e. The van der Waals surface area contributed by atoms with Crippen molar-refractivity contribution in [1.82, 2.24) is 0 Å². The molecule has 1 N–H and O–H groups in total. The molecule has 0 aliphatic heterocycles. The molecule has 0 aliphatic rings. The van der Waals surface area contributed by atoms with Crippen LogP contribution < -0.4 is 26.5 Å². The number of amidine groups is 2. The molecule has 0 saturated heterocycles. The molecule has 0 amide bonds. The van der Waals surface area contributed by atoms with Crippen molar-refractivity contribution in [3.63, 3.8) is 0 Å². The average Bonchev–Trinajstić information content (AvgIpc) is 0.813. The molecular formula is C105H102N4P2Zr2. The first kappa shape index (κ1) is 92.6. The molecule has 0 fully saturated rings. The Morgan fingerprint density at radius 2 is 0.487 bits per heavy atom. The van der Waals surface area contributed by atoms with Crippen LogP contribution >= 0.6 is 15.8 Å². The Balaban J connectivity index is 0.000000252. The first-order valence-corrected chi connectivity index (χ1v) is 39.6. The largest absolute Gasteiger partial charge is 4.00 e. The average molecular weight is 1660 g/mol. The normalized spacial score (nSPS) is 10.0. The van der Waals surface area contributed by atoms with E-state index in [2.05, 4.69) is 288 Å². The molecule has 0 saturated carbocycles. The van der Waals surface area contributed by atoms with Crippen LogP contribution in [-0.4, -0.2) is 11.2 Å². The Bertz CT molecular complexity index is 4460. The zero-order valence-electron chi connectivity index (χ0n) is 65.6. The molecule has 560 valence electrons. The summed E-state index contributed by atoms with van der Waals surface area (Å²) in [6.45, 7) is 35.8. The third kappa shape index (κ3) is 37.2. The summed E-state index contributed by atoms with van der Waals surface area (Å²) in [6.07, 6.45) is 0. The van der Waals surface area contributed by atoms with E-state index in [0.717, 1.165) is 61.5 Å². The van der Waals surface area contributed by atoms with E-state index >= 15 is 0 Å². The number of rotatable bonds is 12. The van der Waals surface area contributed by atoms with E-state index in [1.165, 1.54) is 54.6 Å². The van der Waals surface area contributed by atoms with Crippen molar-refractivity contribution in [3.8, 4) is 0 Å². The van der Waals surface area contributed by atoms with E-state index in [0.29, 0.717) is 13.1 Å². The van der Waals surface area contributed by atoms with Gasteiger partial charge in [0.15, 0.2) is 0 Å². The molecule has 0 aliphatic carbocycles. The quantitative estimate of drug-likeness (QED) is 0.0564. The van der Waals surface area contributed by atoms with Crippen LogP contribution in [0.4, 0.5) is 11.4 Å². The number of aliphatic imine (C=N–C) groups is 2. The number of benzene rings is 15. The minimum atomic E-state index is -0.876. The summed E-state index contributed by atoms with van der Waals surface area (Å²) in [4.78, 5) is 10.4. The van der Waals surface area contributed by atoms with E-state index in [9.17, 15) is 0 Å². The molecule has 15 aromatic rings. The van der Waals surface area contributed by atoms with Gasteiger partial charge < -0.3 is 15.6 Å². The predicted octanol–water partition coefficient (Wildman–Crippen LogP) is 26.5. The Morgan fingerprint density at radius 3 is 0.735 bits per heavy atom. The van der Waals surface area contributed by atoms with Gasteiger partial charge in [0.1, 0.15) is 5.58 Å². The van der Waals surface area contributed by atoms with Gasteiger partial charge in [-0.3, -0.25) is 4.99 Å². The standard InChI is InChI=1S/C28H27N2P.C28H26N2P.7C7H7.2Zr/c2*1-22-13-12-14-23(2)27(22)30-28(29-21-24-15-6-3-7-16-24)31(25-17-8-4-9-18-25)26-19-10-5-11-20-26;7*1-7-5-3-2-4-6-7;;/h3-20H,21H2,1-2H3,(H,29,30);3-20H,21H2,1-2H3;7*2-6H,1H2;;/q;8*-1;2*+4. The van der Waals surface area contributed by atoms with Crippen molar-refractivity contribution in [2.24, 2.45) is 9.98 Å². The fourth-order valence-electron chi connectivity index (χ4n) is 10.5. The molecule has 15 rings (SSSR count). The van der Waals surface area contributed by atoms with Crippen molar-refractivity contribution >= 4 is 59.6 Å². The van der Waals surface area contributed by atoms with Crippen molar-refractivity contribution in [3.05, 3.63) is 557 Å². The molecule has 0 spiro atoms. The minimum absolute atomic E-state index is 0. The molecule has 8 heteroatoms. The van der Waals surface area contributed by atoms with Gasteiger partial charge in [-0.2, -0.15) is 172 Å². The van der Waals surface area contributed by atoms with Gasteiger partial charge in [-0.25, -0.2) is 0 Å². The number of anilines is 1. The summed E-state index contributed by atoms with van der Waals surface area (Å²) in [5.74, 6) is 0. The van der Waals surface area contributed by atoms with Crippen molar-refractivity contribution in [2.75, 3.05) is 5.32 Å². The molecule has 113 heavy (non-hydrogen) atoms. The van der Waals surface area contributed by atoms with Crippen LogP contribution in [0.25, 0.3) is 5.32 Å². The van der Waals surface area contributed by atoms with Crippen LogP contribution in [0.1, 0.15) is 72.3 Å². The third-order valence-electron chi connectivity index (χ3n) is 16.2. The number of nitrogens with zero attached hydrogens (tertiary/aromatic N) is 3. The molecule has 4 nitrogen and oxygen atoms in total. The van der Waals surface area contributed by atoms with Gasteiger partial charge in [-0.15, -0.1) is 84.9 Å². The van der Waals surface area contributed by atoms with E-state index in [4.69, 9.17) is 15.3 Å². The Hall–Kier alpha value is -11.0. The van der Waals surface area contributed by atoms with Crippen molar-refractivity contribution in [1.29, 1.82) is 0 Å². The van der Waals surface area contributed by atoms with Crippen LogP contribution in [0.2, 0.25) is 0 Å². The Morgan fingerprint density at radius 1 is 0.265 bits per heavy atom. The number of hydrogen-bond acceptors (Lipinski definition) is 2. The molecule has 0 bridgehead atoms. The van der Waals surface area contributed by atoms with E-state index < -0.39 is 15.8 Å². The van der Waals surface area contributed by atoms with Crippen LogP contribution in [0, 0.1) is 76.2 Å². The maximum atomic E-state index is 5.20. The number of hydrogen-bond donors (Lipinski definition) is 1. The van der Waals surface area contributed by atoms with E-state index in [1.807, 2.05) is 224 Å². The summed E-state index contributed by atoms with van der Waals surface area (Å²) in [7, 11) is -1.70. The molecule has 0 radical (unpaired) electrons. The molecule has 0 aromatic heterocycles. The van der Waals surface area contributed by atoms with Gasteiger partial charge in [0, 0.05) is 13.6 Å². The van der Waals surface area contributed by atoms with Crippen LogP contribution in [-0.2, 0) is 65.5 Å². The predicted molar refractivity (Wildman–Crippen MR) is 488 cm³/mol. The Kier molecular flexibility index (Phi) is 45.4. The number of aryl methyl sites for hydroxylation is 4. The third-order valence-corrected chi connectivity index (χ3v) is 20.8. The van der Waals surface area contributed by atoms with Gasteiger partial charge in [-0.1, -0.05) is 266 Å². The summed E-state index contributed by atoms with van der Waals surface area (Å²) in [5.41, 5.74) is 18.8. The van der Waals surface area contributed by atoms with Gasteiger partial charge >= 0.3 is 52.4 Å². The number of para-hydroxylation sites is 2. The van der Waals surface area contributed by atoms with Crippen molar-refractivity contribution in [2.45, 2.75) is 40.8 Å². The van der Waals surface area contributed by atoms with Gasteiger partial charge in [0.25, 0.3) is 0 Å².